The van der Waals surface area contributed by atoms with Crippen LogP contribution in [0.1, 0.15) is 83.0 Å². The maximum absolute atomic E-state index is 12.6. The van der Waals surface area contributed by atoms with Crippen molar-refractivity contribution in [3.05, 3.63) is 11.7 Å². The van der Waals surface area contributed by atoms with Gasteiger partial charge in [-0.2, -0.15) is 4.98 Å². The van der Waals surface area contributed by atoms with Crippen molar-refractivity contribution < 1.29 is 9.32 Å². The highest BCUT2D eigenvalue weighted by atomic mass is 16.5. The van der Waals surface area contributed by atoms with Gasteiger partial charge in [0.1, 0.15) is 0 Å². The van der Waals surface area contributed by atoms with E-state index >= 15 is 0 Å². The molecule has 1 aromatic rings. The first kappa shape index (κ1) is 18.4. The molecule has 25 heavy (non-hydrogen) atoms. The van der Waals surface area contributed by atoms with E-state index < -0.39 is 0 Å². The molecule has 6 heteroatoms. The predicted molar refractivity (Wildman–Crippen MR) is 96.1 cm³/mol. The molecule has 0 unspecified atom stereocenters. The van der Waals surface area contributed by atoms with Gasteiger partial charge in [0, 0.05) is 38.5 Å². The van der Waals surface area contributed by atoms with Crippen LogP contribution < -0.4 is 0 Å². The zero-order valence-electron chi connectivity index (χ0n) is 15.9. The smallest absolute Gasteiger partial charge is 0.243 e. The van der Waals surface area contributed by atoms with E-state index in [0.717, 1.165) is 44.8 Å². The lowest BCUT2D eigenvalue weighted by molar-refractivity contribution is -0.132. The molecule has 1 aromatic heterocycles. The Labute approximate surface area is 150 Å². The van der Waals surface area contributed by atoms with Gasteiger partial charge in [-0.1, -0.05) is 31.8 Å². The molecule has 0 spiro atoms. The highest BCUT2D eigenvalue weighted by Gasteiger charge is 2.27. The lowest BCUT2D eigenvalue weighted by Gasteiger charge is -2.25. The minimum Gasteiger partial charge on any atom is -0.341 e. The largest absolute Gasteiger partial charge is 0.341 e. The summed E-state index contributed by atoms with van der Waals surface area (Å²) in [4.78, 5) is 21.6. The molecule has 1 aliphatic heterocycles. The van der Waals surface area contributed by atoms with E-state index in [4.69, 9.17) is 4.52 Å². The van der Waals surface area contributed by atoms with Gasteiger partial charge in [-0.25, -0.2) is 0 Å². The van der Waals surface area contributed by atoms with Crippen molar-refractivity contribution in [3.63, 3.8) is 0 Å². The van der Waals surface area contributed by atoms with E-state index in [1.165, 1.54) is 25.7 Å². The summed E-state index contributed by atoms with van der Waals surface area (Å²) < 4.78 is 5.46. The Hall–Kier alpha value is -1.43. The van der Waals surface area contributed by atoms with Crippen molar-refractivity contribution in [1.29, 1.82) is 0 Å². The fraction of sp³-hybridized carbons (Fsp3) is 0.842. The molecule has 1 atom stereocenters. The predicted octanol–water partition coefficient (Wildman–Crippen LogP) is 3.37. The summed E-state index contributed by atoms with van der Waals surface area (Å²) in [6.45, 7) is 9.77. The number of carbonyl (C=O) groups is 1. The highest BCUT2D eigenvalue weighted by Crippen LogP contribution is 2.28. The Kier molecular flexibility index (Phi) is 6.10. The second-order valence-electron chi connectivity index (χ2n) is 7.95. The van der Waals surface area contributed by atoms with Crippen LogP contribution in [0.15, 0.2) is 4.52 Å². The Morgan fingerprint density at radius 2 is 1.88 bits per heavy atom. The summed E-state index contributed by atoms with van der Waals surface area (Å²) >= 11 is 0. The summed E-state index contributed by atoms with van der Waals surface area (Å²) in [7, 11) is 0. The Bertz CT molecular complexity index is 566. The molecule has 2 heterocycles. The summed E-state index contributed by atoms with van der Waals surface area (Å²) in [5.74, 6) is 2.71. The molecule has 0 bridgehead atoms. The number of carbonyl (C=O) groups excluding carboxylic acids is 1. The third-order valence-electron chi connectivity index (χ3n) is 5.70. The minimum absolute atomic E-state index is 0.102. The van der Waals surface area contributed by atoms with Gasteiger partial charge < -0.3 is 9.42 Å². The first-order valence-electron chi connectivity index (χ1n) is 9.90. The van der Waals surface area contributed by atoms with Gasteiger partial charge in [0.05, 0.1) is 6.04 Å². The zero-order valence-corrected chi connectivity index (χ0v) is 15.9. The molecule has 1 aliphatic carbocycles. The molecule has 140 valence electrons. The fourth-order valence-corrected chi connectivity index (χ4v) is 3.97. The summed E-state index contributed by atoms with van der Waals surface area (Å²) in [5.41, 5.74) is 0. The van der Waals surface area contributed by atoms with Crippen molar-refractivity contribution in [2.75, 3.05) is 26.2 Å². The van der Waals surface area contributed by atoms with Crippen LogP contribution in [0.2, 0.25) is 0 Å². The molecule has 0 aromatic carbocycles. The molecule has 1 saturated heterocycles. The standard InChI is InChI=1S/C19H32N4O2/c1-14(2)18-20-19(25-21-18)15(3)22-9-6-10-23(12-11-22)17(24)13-16-7-4-5-8-16/h14-16H,4-13H2,1-3H3/t15-/m1/s1. The number of hydrogen-bond acceptors (Lipinski definition) is 5. The van der Waals surface area contributed by atoms with Crippen LogP contribution in [0.5, 0.6) is 0 Å². The van der Waals surface area contributed by atoms with Gasteiger partial charge in [-0.3, -0.25) is 9.69 Å². The second-order valence-corrected chi connectivity index (χ2v) is 7.95. The van der Waals surface area contributed by atoms with Gasteiger partial charge >= 0.3 is 0 Å². The number of aromatic nitrogens is 2. The van der Waals surface area contributed by atoms with Crippen LogP contribution in [0.25, 0.3) is 0 Å². The van der Waals surface area contributed by atoms with Crippen LogP contribution in [-0.4, -0.2) is 52.0 Å². The third-order valence-corrected chi connectivity index (χ3v) is 5.70. The minimum atomic E-state index is 0.102. The fourth-order valence-electron chi connectivity index (χ4n) is 3.97. The van der Waals surface area contributed by atoms with Crippen LogP contribution in [0.3, 0.4) is 0 Å². The van der Waals surface area contributed by atoms with E-state index in [1.54, 1.807) is 0 Å². The van der Waals surface area contributed by atoms with Crippen LogP contribution >= 0.6 is 0 Å². The molecule has 0 radical (unpaired) electrons. The van der Waals surface area contributed by atoms with E-state index in [2.05, 4.69) is 40.7 Å². The Balaban J connectivity index is 1.54. The Morgan fingerprint density at radius 1 is 1.12 bits per heavy atom. The summed E-state index contributed by atoms with van der Waals surface area (Å²) in [5, 5.41) is 4.08. The summed E-state index contributed by atoms with van der Waals surface area (Å²) in [6.07, 6.45) is 6.82. The first-order chi connectivity index (χ1) is 12.0. The lowest BCUT2D eigenvalue weighted by atomic mass is 10.0. The van der Waals surface area contributed by atoms with Crippen molar-refractivity contribution >= 4 is 5.91 Å². The van der Waals surface area contributed by atoms with Gasteiger partial charge in [-0.15, -0.1) is 0 Å². The second kappa shape index (κ2) is 8.30. The maximum atomic E-state index is 12.6. The van der Waals surface area contributed by atoms with Crippen molar-refractivity contribution in [2.24, 2.45) is 5.92 Å². The van der Waals surface area contributed by atoms with Crippen molar-refractivity contribution in [1.82, 2.24) is 19.9 Å². The number of hydrogen-bond donors (Lipinski definition) is 0. The van der Waals surface area contributed by atoms with Gasteiger partial charge in [0.15, 0.2) is 5.82 Å². The summed E-state index contributed by atoms with van der Waals surface area (Å²) in [6, 6.07) is 0.102. The molecule has 3 rings (SSSR count). The number of rotatable bonds is 5. The van der Waals surface area contributed by atoms with Gasteiger partial charge in [-0.05, 0) is 32.1 Å². The average molecular weight is 348 g/mol. The van der Waals surface area contributed by atoms with Crippen LogP contribution in [-0.2, 0) is 4.79 Å². The quantitative estimate of drug-likeness (QED) is 0.816. The zero-order chi connectivity index (χ0) is 17.8. The SMILES string of the molecule is CC(C)c1noc([C@@H](C)N2CCCN(C(=O)CC3CCCC3)CC2)n1. The molecule has 0 N–H and O–H groups in total. The van der Waals surface area contributed by atoms with Gasteiger partial charge in [0.2, 0.25) is 11.8 Å². The third kappa shape index (κ3) is 4.60. The van der Waals surface area contributed by atoms with Crippen LogP contribution in [0.4, 0.5) is 0 Å². The van der Waals surface area contributed by atoms with E-state index in [-0.39, 0.29) is 12.0 Å². The molecule has 2 aliphatic rings. The molecular formula is C19H32N4O2. The maximum Gasteiger partial charge on any atom is 0.243 e. The van der Waals surface area contributed by atoms with Gasteiger partial charge in [0.25, 0.3) is 0 Å². The molecule has 2 fully saturated rings. The topological polar surface area (TPSA) is 62.5 Å². The van der Waals surface area contributed by atoms with E-state index in [0.29, 0.717) is 17.7 Å². The Morgan fingerprint density at radius 3 is 2.56 bits per heavy atom. The first-order valence-corrected chi connectivity index (χ1v) is 9.90. The normalized spacial score (nSPS) is 21.7. The number of amides is 1. The molecule has 1 amide bonds. The van der Waals surface area contributed by atoms with E-state index in [1.807, 2.05) is 0 Å². The number of nitrogens with zero attached hydrogens (tertiary/aromatic N) is 4. The molecular weight excluding hydrogens is 316 g/mol. The van der Waals surface area contributed by atoms with Crippen molar-refractivity contribution in [2.45, 2.75) is 71.3 Å². The van der Waals surface area contributed by atoms with E-state index in [9.17, 15) is 4.79 Å². The average Bonchev–Trinajstić information content (AvgIpc) is 3.21. The van der Waals surface area contributed by atoms with Crippen molar-refractivity contribution in [3.8, 4) is 0 Å². The molecule has 6 nitrogen and oxygen atoms in total. The monoisotopic (exact) mass is 348 g/mol. The molecule has 1 saturated carbocycles. The highest BCUT2D eigenvalue weighted by molar-refractivity contribution is 5.76. The lowest BCUT2D eigenvalue weighted by Crippen LogP contribution is -2.36. The van der Waals surface area contributed by atoms with Crippen LogP contribution in [0, 0.1) is 5.92 Å².